The SMILES string of the molecule is Cc1cc(Br)c(NC(=O)Cc2csc(N)n2)cc1Cl. The van der Waals surface area contributed by atoms with E-state index in [2.05, 4.69) is 26.2 Å². The summed E-state index contributed by atoms with van der Waals surface area (Å²) < 4.78 is 0.792. The second-order valence-electron chi connectivity index (χ2n) is 3.98. The van der Waals surface area contributed by atoms with E-state index >= 15 is 0 Å². The van der Waals surface area contributed by atoms with Crippen molar-refractivity contribution < 1.29 is 4.79 Å². The molecule has 0 bridgehead atoms. The lowest BCUT2D eigenvalue weighted by atomic mass is 10.2. The van der Waals surface area contributed by atoms with Crippen molar-refractivity contribution in [2.24, 2.45) is 0 Å². The molecule has 100 valence electrons. The highest BCUT2D eigenvalue weighted by Gasteiger charge is 2.10. The zero-order chi connectivity index (χ0) is 14.0. The topological polar surface area (TPSA) is 68.0 Å². The molecule has 0 spiro atoms. The number of carbonyl (C=O) groups is 1. The number of nitrogens with zero attached hydrogens (tertiary/aromatic N) is 1. The van der Waals surface area contributed by atoms with Gasteiger partial charge in [0.1, 0.15) is 0 Å². The number of aromatic nitrogens is 1. The Labute approximate surface area is 128 Å². The van der Waals surface area contributed by atoms with Crippen LogP contribution in [0.5, 0.6) is 0 Å². The van der Waals surface area contributed by atoms with E-state index in [0.717, 1.165) is 10.0 Å². The Morgan fingerprint density at radius 2 is 2.32 bits per heavy atom. The Morgan fingerprint density at radius 1 is 1.58 bits per heavy atom. The van der Waals surface area contributed by atoms with Crippen LogP contribution in [0.3, 0.4) is 0 Å². The van der Waals surface area contributed by atoms with Crippen LogP contribution < -0.4 is 11.1 Å². The van der Waals surface area contributed by atoms with E-state index in [1.165, 1.54) is 11.3 Å². The highest BCUT2D eigenvalue weighted by atomic mass is 79.9. The van der Waals surface area contributed by atoms with Gasteiger partial charge in [-0.1, -0.05) is 11.6 Å². The van der Waals surface area contributed by atoms with Gasteiger partial charge in [-0.3, -0.25) is 4.79 Å². The van der Waals surface area contributed by atoms with Crippen LogP contribution in [0.15, 0.2) is 22.0 Å². The van der Waals surface area contributed by atoms with Crippen LogP contribution in [0, 0.1) is 6.92 Å². The van der Waals surface area contributed by atoms with Crippen molar-refractivity contribution in [2.75, 3.05) is 11.1 Å². The average molecular weight is 361 g/mol. The van der Waals surface area contributed by atoms with Crippen LogP contribution in [-0.2, 0) is 11.2 Å². The lowest BCUT2D eigenvalue weighted by molar-refractivity contribution is -0.115. The maximum atomic E-state index is 11.9. The maximum Gasteiger partial charge on any atom is 0.230 e. The molecule has 1 aromatic carbocycles. The zero-order valence-electron chi connectivity index (χ0n) is 10.0. The van der Waals surface area contributed by atoms with E-state index in [9.17, 15) is 4.79 Å². The third-order valence-corrected chi connectivity index (χ3v) is 4.22. The summed E-state index contributed by atoms with van der Waals surface area (Å²) >= 11 is 10.7. The quantitative estimate of drug-likeness (QED) is 0.878. The molecule has 0 fully saturated rings. The van der Waals surface area contributed by atoms with Crippen molar-refractivity contribution in [1.82, 2.24) is 4.98 Å². The summed E-state index contributed by atoms with van der Waals surface area (Å²) in [5, 5.41) is 5.63. The molecule has 0 unspecified atom stereocenters. The summed E-state index contributed by atoms with van der Waals surface area (Å²) in [6.45, 7) is 1.90. The summed E-state index contributed by atoms with van der Waals surface area (Å²) in [5.41, 5.74) is 7.77. The van der Waals surface area contributed by atoms with Crippen LogP contribution in [0.1, 0.15) is 11.3 Å². The fourth-order valence-electron chi connectivity index (χ4n) is 1.50. The first kappa shape index (κ1) is 14.3. The summed E-state index contributed by atoms with van der Waals surface area (Å²) in [7, 11) is 0. The highest BCUT2D eigenvalue weighted by molar-refractivity contribution is 9.10. The van der Waals surface area contributed by atoms with Crippen LogP contribution in [-0.4, -0.2) is 10.9 Å². The number of aryl methyl sites for hydroxylation is 1. The number of thiazole rings is 1. The molecule has 7 heteroatoms. The molecule has 1 aromatic heterocycles. The molecule has 1 amide bonds. The summed E-state index contributed by atoms with van der Waals surface area (Å²) in [6.07, 6.45) is 0.186. The Hall–Kier alpha value is -1.11. The number of carbonyl (C=O) groups excluding carboxylic acids is 1. The number of halogens is 2. The largest absolute Gasteiger partial charge is 0.375 e. The van der Waals surface area contributed by atoms with Crippen molar-refractivity contribution in [2.45, 2.75) is 13.3 Å². The molecular weight excluding hydrogens is 350 g/mol. The van der Waals surface area contributed by atoms with Crippen LogP contribution >= 0.6 is 38.9 Å². The van der Waals surface area contributed by atoms with Gasteiger partial charge in [-0.15, -0.1) is 11.3 Å². The molecule has 0 aliphatic heterocycles. The summed E-state index contributed by atoms with van der Waals surface area (Å²) in [4.78, 5) is 15.9. The normalized spacial score (nSPS) is 10.5. The minimum absolute atomic E-state index is 0.161. The number of hydrogen-bond acceptors (Lipinski definition) is 4. The monoisotopic (exact) mass is 359 g/mol. The molecular formula is C12H11BrClN3OS. The fraction of sp³-hybridized carbons (Fsp3) is 0.167. The summed E-state index contributed by atoms with van der Waals surface area (Å²) in [5.74, 6) is -0.161. The molecule has 3 N–H and O–H groups in total. The Morgan fingerprint density at radius 3 is 2.95 bits per heavy atom. The smallest absolute Gasteiger partial charge is 0.230 e. The number of rotatable bonds is 3. The van der Waals surface area contributed by atoms with E-state index in [1.807, 2.05) is 13.0 Å². The third kappa shape index (κ3) is 3.68. The van der Waals surface area contributed by atoms with Crippen molar-refractivity contribution in [3.05, 3.63) is 38.3 Å². The number of benzene rings is 1. The van der Waals surface area contributed by atoms with E-state index in [1.54, 1.807) is 11.4 Å². The van der Waals surface area contributed by atoms with Crippen molar-refractivity contribution >= 4 is 55.6 Å². The molecule has 0 atom stereocenters. The third-order valence-electron chi connectivity index (χ3n) is 2.43. The van der Waals surface area contributed by atoms with E-state index in [-0.39, 0.29) is 12.3 Å². The van der Waals surface area contributed by atoms with Crippen molar-refractivity contribution in [1.29, 1.82) is 0 Å². The van der Waals surface area contributed by atoms with Gasteiger partial charge in [0.25, 0.3) is 0 Å². The van der Waals surface area contributed by atoms with Gasteiger partial charge in [0, 0.05) is 14.9 Å². The molecule has 19 heavy (non-hydrogen) atoms. The van der Waals surface area contributed by atoms with Gasteiger partial charge in [0.15, 0.2) is 5.13 Å². The lowest BCUT2D eigenvalue weighted by Gasteiger charge is -2.09. The van der Waals surface area contributed by atoms with Gasteiger partial charge in [-0.2, -0.15) is 0 Å². The molecule has 2 aromatic rings. The number of hydrogen-bond donors (Lipinski definition) is 2. The molecule has 0 radical (unpaired) electrons. The molecule has 4 nitrogen and oxygen atoms in total. The van der Waals surface area contributed by atoms with E-state index in [4.69, 9.17) is 17.3 Å². The number of nitrogen functional groups attached to an aromatic ring is 1. The van der Waals surface area contributed by atoms with Crippen LogP contribution in [0.2, 0.25) is 5.02 Å². The van der Waals surface area contributed by atoms with E-state index in [0.29, 0.717) is 21.5 Å². The van der Waals surface area contributed by atoms with Crippen molar-refractivity contribution in [3.8, 4) is 0 Å². The predicted octanol–water partition coefficient (Wildman–Crippen LogP) is 3.63. The molecule has 0 saturated heterocycles. The summed E-state index contributed by atoms with van der Waals surface area (Å²) in [6, 6.07) is 3.58. The lowest BCUT2D eigenvalue weighted by Crippen LogP contribution is -2.15. The Balaban J connectivity index is 2.09. The Kier molecular flexibility index (Phi) is 4.44. The first-order valence-corrected chi connectivity index (χ1v) is 7.46. The average Bonchev–Trinajstić information content (AvgIpc) is 2.71. The van der Waals surface area contributed by atoms with Crippen molar-refractivity contribution in [3.63, 3.8) is 0 Å². The zero-order valence-corrected chi connectivity index (χ0v) is 13.2. The van der Waals surface area contributed by atoms with Crippen LogP contribution in [0.4, 0.5) is 10.8 Å². The highest BCUT2D eigenvalue weighted by Crippen LogP contribution is 2.29. The number of nitrogens with two attached hydrogens (primary N) is 1. The molecule has 2 rings (SSSR count). The minimum Gasteiger partial charge on any atom is -0.375 e. The van der Waals surface area contributed by atoms with Gasteiger partial charge >= 0.3 is 0 Å². The maximum absolute atomic E-state index is 11.9. The van der Waals surface area contributed by atoms with Gasteiger partial charge in [0.2, 0.25) is 5.91 Å². The minimum atomic E-state index is -0.161. The first-order valence-electron chi connectivity index (χ1n) is 5.41. The number of anilines is 2. The second kappa shape index (κ2) is 5.90. The fourth-order valence-corrected chi connectivity index (χ4v) is 2.79. The van der Waals surface area contributed by atoms with Gasteiger partial charge in [-0.05, 0) is 40.5 Å². The van der Waals surface area contributed by atoms with E-state index < -0.39 is 0 Å². The Bertz CT molecular complexity index is 629. The number of amides is 1. The predicted molar refractivity (Wildman–Crippen MR) is 82.7 cm³/mol. The second-order valence-corrected chi connectivity index (χ2v) is 6.13. The molecule has 0 aliphatic rings. The molecule has 0 saturated carbocycles. The number of nitrogens with one attached hydrogen (secondary N) is 1. The van der Waals surface area contributed by atoms with Gasteiger partial charge in [0.05, 0.1) is 17.8 Å². The van der Waals surface area contributed by atoms with Crippen LogP contribution in [0.25, 0.3) is 0 Å². The van der Waals surface area contributed by atoms with Gasteiger partial charge in [-0.25, -0.2) is 4.98 Å². The van der Waals surface area contributed by atoms with Gasteiger partial charge < -0.3 is 11.1 Å². The first-order chi connectivity index (χ1) is 8.95. The molecule has 1 heterocycles. The standard InChI is InChI=1S/C12H11BrClN3OS/c1-6-2-8(13)10(4-9(6)14)17-11(18)3-7-5-19-12(15)16-7/h2,4-5H,3H2,1H3,(H2,15,16)(H,17,18). The molecule has 0 aliphatic carbocycles.